The minimum atomic E-state index is 0.680. The van der Waals surface area contributed by atoms with Crippen molar-refractivity contribution in [3.8, 4) is 0 Å². The van der Waals surface area contributed by atoms with Crippen LogP contribution >= 0.6 is 11.6 Å². The lowest BCUT2D eigenvalue weighted by molar-refractivity contribution is 0.602. The van der Waals surface area contributed by atoms with Crippen LogP contribution in [0.5, 0.6) is 0 Å². The molecule has 13 heavy (non-hydrogen) atoms. The zero-order valence-electron chi connectivity index (χ0n) is 7.91. The second-order valence-electron chi connectivity index (χ2n) is 2.92. The van der Waals surface area contributed by atoms with Gasteiger partial charge in [0, 0.05) is 24.2 Å². The van der Waals surface area contributed by atoms with Gasteiger partial charge in [0.05, 0.1) is 6.20 Å². The highest BCUT2D eigenvalue weighted by atomic mass is 35.5. The van der Waals surface area contributed by atoms with E-state index in [9.17, 15) is 0 Å². The van der Waals surface area contributed by atoms with Crippen molar-refractivity contribution < 1.29 is 0 Å². The Labute approximate surface area is 84.2 Å². The second-order valence-corrected chi connectivity index (χ2v) is 3.29. The van der Waals surface area contributed by atoms with E-state index in [1.165, 1.54) is 0 Å². The van der Waals surface area contributed by atoms with Crippen molar-refractivity contribution in [3.05, 3.63) is 24.0 Å². The Hall–Kier alpha value is -0.760. The highest BCUT2D eigenvalue weighted by Gasteiger charge is 1.92. The van der Waals surface area contributed by atoms with Crippen molar-refractivity contribution in [2.45, 2.75) is 26.3 Å². The molecule has 0 aliphatic carbocycles. The van der Waals surface area contributed by atoms with Crippen LogP contribution in [0.1, 0.15) is 25.3 Å². The average Bonchev–Trinajstić information content (AvgIpc) is 2.54. The van der Waals surface area contributed by atoms with E-state index in [1.54, 1.807) is 0 Å². The molecule has 0 saturated carbocycles. The van der Waals surface area contributed by atoms with E-state index in [0.717, 1.165) is 24.9 Å². The van der Waals surface area contributed by atoms with Crippen molar-refractivity contribution in [3.63, 3.8) is 0 Å². The Kier molecular flexibility index (Phi) is 4.61. The van der Waals surface area contributed by atoms with Gasteiger partial charge in [-0.15, -0.1) is 11.6 Å². The maximum Gasteiger partial charge on any atom is 0.0562 e. The second kappa shape index (κ2) is 5.81. The van der Waals surface area contributed by atoms with Gasteiger partial charge in [0.1, 0.15) is 0 Å². The van der Waals surface area contributed by atoms with E-state index in [4.69, 9.17) is 11.6 Å². The number of hydrogen-bond acceptors (Lipinski definition) is 1. The fourth-order valence-corrected chi connectivity index (χ4v) is 1.23. The Morgan fingerprint density at radius 3 is 3.15 bits per heavy atom. The van der Waals surface area contributed by atoms with E-state index in [1.807, 2.05) is 17.1 Å². The van der Waals surface area contributed by atoms with Gasteiger partial charge >= 0.3 is 0 Å². The van der Waals surface area contributed by atoms with E-state index >= 15 is 0 Å². The highest BCUT2D eigenvalue weighted by molar-refractivity contribution is 6.17. The highest BCUT2D eigenvalue weighted by Crippen LogP contribution is 2.02. The molecule has 0 spiro atoms. The molecule has 1 rings (SSSR count). The van der Waals surface area contributed by atoms with Crippen molar-refractivity contribution in [2.75, 3.05) is 5.88 Å². The van der Waals surface area contributed by atoms with Gasteiger partial charge in [-0.05, 0) is 12.8 Å². The van der Waals surface area contributed by atoms with Gasteiger partial charge in [-0.3, -0.25) is 4.68 Å². The molecule has 72 valence electrons. The third-order valence-corrected chi connectivity index (χ3v) is 1.91. The van der Waals surface area contributed by atoms with Crippen LogP contribution in [0.4, 0.5) is 0 Å². The zero-order valence-corrected chi connectivity index (χ0v) is 8.67. The van der Waals surface area contributed by atoms with Crippen LogP contribution in [0.2, 0.25) is 0 Å². The van der Waals surface area contributed by atoms with Gasteiger partial charge < -0.3 is 0 Å². The SMILES string of the molecule is CCCn1cc(C=CCCCl)cn1. The summed E-state index contributed by atoms with van der Waals surface area (Å²) in [5.74, 6) is 0.680. The first-order valence-electron chi connectivity index (χ1n) is 4.61. The number of halogens is 1. The molecular weight excluding hydrogens is 184 g/mol. The molecule has 0 bridgehead atoms. The molecule has 3 heteroatoms. The maximum absolute atomic E-state index is 5.55. The van der Waals surface area contributed by atoms with E-state index in [-0.39, 0.29) is 0 Å². The fraction of sp³-hybridized carbons (Fsp3) is 0.500. The van der Waals surface area contributed by atoms with Gasteiger partial charge in [-0.25, -0.2) is 0 Å². The minimum Gasteiger partial charge on any atom is -0.272 e. The molecule has 1 aromatic heterocycles. The molecule has 0 atom stereocenters. The normalized spacial score (nSPS) is 11.2. The van der Waals surface area contributed by atoms with Crippen molar-refractivity contribution in [2.24, 2.45) is 0 Å². The minimum absolute atomic E-state index is 0.680. The number of aromatic nitrogens is 2. The molecule has 2 nitrogen and oxygen atoms in total. The molecule has 0 N–H and O–H groups in total. The fourth-order valence-electron chi connectivity index (χ4n) is 1.10. The first-order valence-corrected chi connectivity index (χ1v) is 5.15. The van der Waals surface area contributed by atoms with Crippen molar-refractivity contribution in [1.29, 1.82) is 0 Å². The smallest absolute Gasteiger partial charge is 0.0562 e. The summed E-state index contributed by atoms with van der Waals surface area (Å²) in [6.07, 6.45) is 10.1. The van der Waals surface area contributed by atoms with Crippen molar-refractivity contribution in [1.82, 2.24) is 9.78 Å². The number of allylic oxidation sites excluding steroid dienone is 1. The Morgan fingerprint density at radius 1 is 1.62 bits per heavy atom. The third kappa shape index (κ3) is 3.64. The number of hydrogen-bond donors (Lipinski definition) is 0. The first kappa shape index (κ1) is 10.3. The number of nitrogens with zero attached hydrogens (tertiary/aromatic N) is 2. The van der Waals surface area contributed by atoms with Crippen LogP contribution in [0, 0.1) is 0 Å². The number of rotatable bonds is 5. The summed E-state index contributed by atoms with van der Waals surface area (Å²) in [5.41, 5.74) is 1.15. The molecule has 0 amide bonds. The molecular formula is C10H15ClN2. The van der Waals surface area contributed by atoms with Gasteiger partial charge in [-0.1, -0.05) is 19.1 Å². The van der Waals surface area contributed by atoms with E-state index in [0.29, 0.717) is 5.88 Å². The van der Waals surface area contributed by atoms with Crippen LogP contribution in [0.15, 0.2) is 18.5 Å². The van der Waals surface area contributed by atoms with Crippen LogP contribution < -0.4 is 0 Å². The topological polar surface area (TPSA) is 17.8 Å². The first-order chi connectivity index (χ1) is 6.36. The van der Waals surface area contributed by atoms with Gasteiger partial charge in [0.25, 0.3) is 0 Å². The quantitative estimate of drug-likeness (QED) is 0.666. The lowest BCUT2D eigenvalue weighted by Crippen LogP contribution is -1.95. The van der Waals surface area contributed by atoms with Gasteiger partial charge in [0.15, 0.2) is 0 Å². The number of aryl methyl sites for hydroxylation is 1. The Bertz CT molecular complexity index is 266. The summed E-state index contributed by atoms with van der Waals surface area (Å²) in [5, 5.41) is 4.22. The van der Waals surface area contributed by atoms with Gasteiger partial charge in [-0.2, -0.15) is 5.10 Å². The lowest BCUT2D eigenvalue weighted by Gasteiger charge is -1.93. The monoisotopic (exact) mass is 198 g/mol. The molecule has 0 fully saturated rings. The predicted molar refractivity (Wildman–Crippen MR) is 56.9 cm³/mol. The number of alkyl halides is 1. The largest absolute Gasteiger partial charge is 0.272 e. The molecule has 0 aliphatic heterocycles. The predicted octanol–water partition coefficient (Wildman–Crippen LogP) is 2.94. The summed E-state index contributed by atoms with van der Waals surface area (Å²) in [6.45, 7) is 3.13. The Morgan fingerprint density at radius 2 is 2.46 bits per heavy atom. The molecule has 0 aromatic carbocycles. The van der Waals surface area contributed by atoms with Crippen molar-refractivity contribution >= 4 is 17.7 Å². The average molecular weight is 199 g/mol. The summed E-state index contributed by atoms with van der Waals surface area (Å²) >= 11 is 5.55. The summed E-state index contributed by atoms with van der Waals surface area (Å²) < 4.78 is 1.96. The third-order valence-electron chi connectivity index (χ3n) is 1.69. The van der Waals surface area contributed by atoms with Crippen LogP contribution in [-0.2, 0) is 6.54 Å². The molecule has 0 saturated heterocycles. The summed E-state index contributed by atoms with van der Waals surface area (Å²) in [7, 11) is 0. The summed E-state index contributed by atoms with van der Waals surface area (Å²) in [4.78, 5) is 0. The molecule has 0 radical (unpaired) electrons. The van der Waals surface area contributed by atoms with E-state index in [2.05, 4.69) is 24.2 Å². The molecule has 0 unspecified atom stereocenters. The van der Waals surface area contributed by atoms with E-state index < -0.39 is 0 Å². The van der Waals surface area contributed by atoms with Gasteiger partial charge in [0.2, 0.25) is 0 Å². The maximum atomic E-state index is 5.55. The van der Waals surface area contributed by atoms with Crippen LogP contribution in [0.3, 0.4) is 0 Å². The summed E-state index contributed by atoms with van der Waals surface area (Å²) in [6, 6.07) is 0. The molecule has 1 aromatic rings. The standard InChI is InChI=1S/C10H15ClN2/c1-2-7-13-9-10(8-12-13)5-3-4-6-11/h3,5,8-9H,2,4,6-7H2,1H3. The van der Waals surface area contributed by atoms with Crippen LogP contribution in [0.25, 0.3) is 6.08 Å². The molecule has 0 aliphatic rings. The molecule has 1 heterocycles. The zero-order chi connectivity index (χ0) is 9.52. The Balaban J connectivity index is 2.48. The lowest BCUT2D eigenvalue weighted by atomic mass is 10.3. The van der Waals surface area contributed by atoms with Crippen LogP contribution in [-0.4, -0.2) is 15.7 Å².